The van der Waals surface area contributed by atoms with E-state index in [1.165, 1.54) is 11.4 Å². The molecule has 3 aliphatic heterocycles. The number of aliphatic hydroxyl groups is 1. The van der Waals surface area contributed by atoms with E-state index in [0.29, 0.717) is 48.0 Å². The van der Waals surface area contributed by atoms with Gasteiger partial charge < -0.3 is 43.3 Å². The van der Waals surface area contributed by atoms with Gasteiger partial charge in [0.2, 0.25) is 5.79 Å². The van der Waals surface area contributed by atoms with Gasteiger partial charge in [0.1, 0.15) is 23.9 Å². The SMILES string of the molecule is CCC(C)N1CC(OC)SC1=Nc1ccc(N2CCN(c3ccc(OC[C@@H]4CO[C@@](Cn5ccnc5)(c5ccc(Cl)cc5Cl)O4)cc3)CC2)cc1.CCCCO. The molecule has 11 nitrogen and oxygen atoms in total. The van der Waals surface area contributed by atoms with E-state index in [-0.39, 0.29) is 11.5 Å². The molecular weight excluding hydrogens is 771 g/mol. The zero-order valence-corrected chi connectivity index (χ0v) is 35.1. The molecule has 14 heteroatoms. The number of halogens is 2. The average Bonchev–Trinajstić information content (AvgIpc) is 3.99. The summed E-state index contributed by atoms with van der Waals surface area (Å²) in [5, 5.41) is 10.1. The number of thioether (sulfide) groups is 1. The highest BCUT2D eigenvalue weighted by molar-refractivity contribution is 8.14. The lowest BCUT2D eigenvalue weighted by atomic mass is 10.1. The van der Waals surface area contributed by atoms with Crippen LogP contribution in [0.1, 0.15) is 45.6 Å². The van der Waals surface area contributed by atoms with Crippen LogP contribution < -0.4 is 14.5 Å². The minimum Gasteiger partial charge on any atom is -0.491 e. The molecule has 1 aromatic heterocycles. The van der Waals surface area contributed by atoms with Crippen molar-refractivity contribution in [3.05, 3.63) is 101 Å². The molecule has 302 valence electrons. The summed E-state index contributed by atoms with van der Waals surface area (Å²) < 4.78 is 26.6. The fourth-order valence-corrected chi connectivity index (χ4v) is 8.48. The monoisotopic (exact) mass is 824 g/mol. The largest absolute Gasteiger partial charge is 0.491 e. The second-order valence-electron chi connectivity index (χ2n) is 14.1. The van der Waals surface area contributed by atoms with Gasteiger partial charge >= 0.3 is 0 Å². The van der Waals surface area contributed by atoms with Crippen LogP contribution >= 0.6 is 35.0 Å². The van der Waals surface area contributed by atoms with E-state index in [4.69, 9.17) is 52.2 Å². The van der Waals surface area contributed by atoms with Crippen molar-refractivity contribution >= 4 is 57.2 Å². The molecule has 0 aliphatic carbocycles. The van der Waals surface area contributed by atoms with Gasteiger partial charge in [0.15, 0.2) is 5.17 Å². The lowest BCUT2D eigenvalue weighted by molar-refractivity contribution is -0.189. The summed E-state index contributed by atoms with van der Waals surface area (Å²) >= 11 is 14.5. The Bertz CT molecular complexity index is 1830. The van der Waals surface area contributed by atoms with E-state index in [9.17, 15) is 0 Å². The second kappa shape index (κ2) is 20.3. The zero-order chi connectivity index (χ0) is 39.5. The molecule has 3 fully saturated rings. The van der Waals surface area contributed by atoms with Crippen LogP contribution in [0, 0.1) is 0 Å². The fraction of sp³-hybridized carbons (Fsp3) is 0.476. The number of amidine groups is 1. The second-order valence-corrected chi connectivity index (χ2v) is 16.1. The van der Waals surface area contributed by atoms with Gasteiger partial charge in [0, 0.05) is 80.3 Å². The smallest absolute Gasteiger partial charge is 0.215 e. The molecule has 7 rings (SSSR count). The van der Waals surface area contributed by atoms with Gasteiger partial charge in [-0.15, -0.1) is 0 Å². The van der Waals surface area contributed by atoms with Gasteiger partial charge in [-0.1, -0.05) is 61.3 Å². The maximum absolute atomic E-state index is 8.07. The van der Waals surface area contributed by atoms with Gasteiger partial charge in [-0.3, -0.25) is 0 Å². The van der Waals surface area contributed by atoms with Crippen molar-refractivity contribution in [3.63, 3.8) is 0 Å². The summed E-state index contributed by atoms with van der Waals surface area (Å²) in [6.45, 7) is 12.6. The average molecular weight is 826 g/mol. The topological polar surface area (TPSA) is 97.1 Å². The van der Waals surface area contributed by atoms with Crippen LogP contribution in [0.5, 0.6) is 5.75 Å². The lowest BCUT2D eigenvalue weighted by Crippen LogP contribution is -2.46. The molecule has 4 aromatic rings. The van der Waals surface area contributed by atoms with E-state index in [1.807, 2.05) is 29.0 Å². The molecule has 3 aromatic carbocycles. The summed E-state index contributed by atoms with van der Waals surface area (Å²) in [4.78, 5) is 16.4. The summed E-state index contributed by atoms with van der Waals surface area (Å²) in [6.07, 6.45) is 8.14. The molecule has 2 unspecified atom stereocenters. The highest BCUT2D eigenvalue weighted by atomic mass is 35.5. The lowest BCUT2D eigenvalue weighted by Gasteiger charge is -2.37. The first-order valence-electron chi connectivity index (χ1n) is 19.5. The van der Waals surface area contributed by atoms with Gasteiger partial charge in [-0.2, -0.15) is 0 Å². The Balaban J connectivity index is 0.00000100. The first-order valence-corrected chi connectivity index (χ1v) is 21.1. The summed E-state index contributed by atoms with van der Waals surface area (Å²) in [6, 6.07) is 22.7. The molecular formula is C42H54Cl2N6O5S. The highest BCUT2D eigenvalue weighted by Gasteiger charge is 2.45. The number of aliphatic imine (C=N–C) groups is 1. The van der Waals surface area contributed by atoms with Crippen molar-refractivity contribution in [2.75, 3.05) is 69.5 Å². The highest BCUT2D eigenvalue weighted by Crippen LogP contribution is 2.41. The number of imidazole rings is 1. The van der Waals surface area contributed by atoms with Crippen LogP contribution in [0.3, 0.4) is 0 Å². The minimum absolute atomic E-state index is 0.125. The van der Waals surface area contributed by atoms with Crippen molar-refractivity contribution in [2.45, 2.75) is 69.9 Å². The van der Waals surface area contributed by atoms with Crippen molar-refractivity contribution in [1.29, 1.82) is 0 Å². The predicted octanol–water partition coefficient (Wildman–Crippen LogP) is 8.45. The van der Waals surface area contributed by atoms with Crippen LogP contribution in [0.15, 0.2) is 90.4 Å². The number of unbranched alkanes of at least 4 members (excludes halogenated alkanes) is 1. The molecule has 56 heavy (non-hydrogen) atoms. The van der Waals surface area contributed by atoms with E-state index in [2.05, 4.69) is 76.9 Å². The Labute approximate surface area is 345 Å². The van der Waals surface area contributed by atoms with Gasteiger partial charge in [-0.25, -0.2) is 9.98 Å². The number of piperazine rings is 1. The number of nitrogens with zero attached hydrogens (tertiary/aromatic N) is 6. The Morgan fingerprint density at radius 1 is 1.00 bits per heavy atom. The van der Waals surface area contributed by atoms with Crippen LogP contribution in [0.4, 0.5) is 17.1 Å². The van der Waals surface area contributed by atoms with Crippen LogP contribution in [0.2, 0.25) is 10.0 Å². The van der Waals surface area contributed by atoms with Crippen LogP contribution in [-0.2, 0) is 26.5 Å². The zero-order valence-electron chi connectivity index (χ0n) is 32.7. The van der Waals surface area contributed by atoms with Crippen LogP contribution in [0.25, 0.3) is 0 Å². The fourth-order valence-electron chi connectivity index (χ4n) is 6.81. The number of anilines is 2. The van der Waals surface area contributed by atoms with E-state index in [0.717, 1.165) is 68.6 Å². The molecule has 4 atom stereocenters. The molecule has 0 saturated carbocycles. The number of benzene rings is 3. The molecule has 0 amide bonds. The number of aromatic nitrogens is 2. The molecule has 0 spiro atoms. The molecule has 4 heterocycles. The minimum atomic E-state index is -1.09. The normalized spacial score (nSPS) is 22.3. The Morgan fingerprint density at radius 3 is 2.27 bits per heavy atom. The number of ether oxygens (including phenoxy) is 4. The number of hydrogen-bond donors (Lipinski definition) is 1. The summed E-state index contributed by atoms with van der Waals surface area (Å²) in [7, 11) is 1.77. The Kier molecular flexibility index (Phi) is 15.3. The predicted molar refractivity (Wildman–Crippen MR) is 228 cm³/mol. The Hall–Kier alpha value is -3.49. The van der Waals surface area contributed by atoms with Crippen molar-refractivity contribution in [2.24, 2.45) is 4.99 Å². The molecule has 1 N–H and O–H groups in total. The Morgan fingerprint density at radius 2 is 1.70 bits per heavy atom. The van der Waals surface area contributed by atoms with Gasteiger partial charge in [0.25, 0.3) is 0 Å². The maximum Gasteiger partial charge on any atom is 0.215 e. The summed E-state index contributed by atoms with van der Waals surface area (Å²) in [5.74, 6) is -0.307. The number of hydrogen-bond acceptors (Lipinski definition) is 10. The molecule has 3 aliphatic rings. The molecule has 0 bridgehead atoms. The maximum atomic E-state index is 8.07. The molecule has 0 radical (unpaired) electrons. The quantitative estimate of drug-likeness (QED) is 0.134. The number of aliphatic hydroxyl groups excluding tert-OH is 1. The summed E-state index contributed by atoms with van der Waals surface area (Å²) in [5.41, 5.74) is 4.22. The van der Waals surface area contributed by atoms with E-state index >= 15 is 0 Å². The first-order chi connectivity index (χ1) is 27.2. The third-order valence-electron chi connectivity index (χ3n) is 10.2. The van der Waals surface area contributed by atoms with Gasteiger partial charge in [0.05, 0.1) is 36.7 Å². The number of rotatable bonds is 14. The third kappa shape index (κ3) is 10.7. The first kappa shape index (κ1) is 42.1. The van der Waals surface area contributed by atoms with Crippen molar-refractivity contribution in [3.8, 4) is 5.75 Å². The van der Waals surface area contributed by atoms with E-state index in [1.54, 1.807) is 43.5 Å². The van der Waals surface area contributed by atoms with E-state index < -0.39 is 5.79 Å². The van der Waals surface area contributed by atoms with Crippen molar-refractivity contribution < 1.29 is 24.1 Å². The standard InChI is InChI=1S/C38H44Cl2N6O4S.C4H10O/c1-4-27(2)46-22-36(47-3)51-37(46)42-29-6-8-30(9-7-29)44-17-19-45(20-18-44)31-10-12-32(13-11-31)48-23-33-24-49-38(50-33,25-43-16-15-41-26-43)34-14-5-28(39)21-35(34)40;1-2-3-4-5/h5-16,21,26-27,33,36H,4,17-20,22-25H2,1-3H3;5H,2-4H2,1H3/t27?,33-,36?,38-;/m1./s1. The number of methoxy groups -OCH3 is 1. The van der Waals surface area contributed by atoms with Gasteiger partial charge in [-0.05, 0) is 80.4 Å². The van der Waals surface area contributed by atoms with Crippen LogP contribution in [-0.4, -0.2) is 102 Å². The molecule has 3 saturated heterocycles. The van der Waals surface area contributed by atoms with Crippen molar-refractivity contribution in [1.82, 2.24) is 14.5 Å². The third-order valence-corrected chi connectivity index (χ3v) is 11.9.